The molecule has 3 aromatic carbocycles. The summed E-state index contributed by atoms with van der Waals surface area (Å²) >= 11 is 0. The molecule has 0 radical (unpaired) electrons. The van der Waals surface area contributed by atoms with E-state index >= 15 is 0 Å². The molecule has 2 heterocycles. The highest BCUT2D eigenvalue weighted by Crippen LogP contribution is 2.34. The van der Waals surface area contributed by atoms with Crippen molar-refractivity contribution in [2.24, 2.45) is 20.0 Å². The lowest BCUT2D eigenvalue weighted by molar-refractivity contribution is -0.274. The highest BCUT2D eigenvalue weighted by molar-refractivity contribution is 7.86. The molecule has 2 atom stereocenters. The van der Waals surface area contributed by atoms with Crippen LogP contribution < -0.4 is 15.2 Å². The van der Waals surface area contributed by atoms with E-state index in [0.29, 0.717) is 11.4 Å². The van der Waals surface area contributed by atoms with Crippen molar-refractivity contribution in [3.05, 3.63) is 87.8 Å². The van der Waals surface area contributed by atoms with Gasteiger partial charge in [-0.15, -0.1) is 13.2 Å². The van der Waals surface area contributed by atoms with Gasteiger partial charge in [-0.05, 0) is 62.9 Å². The Morgan fingerprint density at radius 2 is 1.67 bits per heavy atom. The number of ether oxygens (including phenoxy) is 1. The molecule has 1 N–H and O–H groups in total. The topological polar surface area (TPSA) is 130 Å². The lowest BCUT2D eigenvalue weighted by Crippen LogP contribution is -2.36. The molecule has 0 fully saturated rings. The molecule has 0 bridgehead atoms. The van der Waals surface area contributed by atoms with Crippen molar-refractivity contribution >= 4 is 63.2 Å². The maximum atomic E-state index is 12.7. The first kappa shape index (κ1) is 28.4. The predicted molar refractivity (Wildman–Crippen MR) is 157 cm³/mol. The molecule has 2 unspecified atom stereocenters. The number of carbonyl (C=O) groups excluding carboxylic acids is 1. The Kier molecular flexibility index (Phi) is 7.14. The largest absolute Gasteiger partial charge is 0.573 e. The number of benzene rings is 3. The number of aliphatic imine (C=N–C) groups is 4. The average Bonchev–Trinajstić information content (AvgIpc) is 3.46. The van der Waals surface area contributed by atoms with E-state index in [2.05, 4.69) is 30.8 Å². The number of fused-ring (bicyclic) bond motifs is 6. The van der Waals surface area contributed by atoms with Gasteiger partial charge in [0.2, 0.25) is 0 Å². The summed E-state index contributed by atoms with van der Waals surface area (Å²) in [4.78, 5) is 25.3. The second kappa shape index (κ2) is 10.8. The molecule has 7 rings (SSSR count). The van der Waals surface area contributed by atoms with Gasteiger partial charge >= 0.3 is 12.3 Å². The molecule has 218 valence electrons. The number of nitrogens with zero attached hydrogens (tertiary/aromatic N) is 4. The van der Waals surface area contributed by atoms with Gasteiger partial charge in [-0.25, -0.2) is 15.0 Å². The van der Waals surface area contributed by atoms with Crippen LogP contribution in [0.1, 0.15) is 22.6 Å². The first-order valence-corrected chi connectivity index (χ1v) is 14.5. The minimum Gasteiger partial charge on any atom is -0.406 e. The number of hydrogen-bond donors (Lipinski definition) is 1. The average molecular weight is 607 g/mol. The van der Waals surface area contributed by atoms with Gasteiger partial charge in [0.25, 0.3) is 10.1 Å². The van der Waals surface area contributed by atoms with E-state index in [4.69, 9.17) is 0 Å². The van der Waals surface area contributed by atoms with E-state index in [1.165, 1.54) is 30.4 Å². The highest BCUT2D eigenvalue weighted by atomic mass is 32.2. The van der Waals surface area contributed by atoms with Gasteiger partial charge in [-0.1, -0.05) is 60.7 Å². The van der Waals surface area contributed by atoms with Gasteiger partial charge < -0.3 is 4.74 Å². The van der Waals surface area contributed by atoms with Crippen LogP contribution in [0.25, 0.3) is 22.9 Å². The van der Waals surface area contributed by atoms with E-state index in [0.717, 1.165) is 39.3 Å². The van der Waals surface area contributed by atoms with Crippen LogP contribution in [0.15, 0.2) is 80.7 Å². The molecule has 2 aliphatic heterocycles. The van der Waals surface area contributed by atoms with Crippen molar-refractivity contribution in [3.63, 3.8) is 0 Å². The number of hydrogen-bond acceptors (Lipinski definition) is 7. The monoisotopic (exact) mass is 606 g/mol. The number of amides is 1. The van der Waals surface area contributed by atoms with Crippen LogP contribution in [0.3, 0.4) is 0 Å². The smallest absolute Gasteiger partial charge is 0.406 e. The Hall–Kier alpha value is -4.75. The van der Waals surface area contributed by atoms with Gasteiger partial charge in [0.1, 0.15) is 23.7 Å². The second-order valence-corrected chi connectivity index (χ2v) is 11.6. The molecule has 9 nitrogen and oxygen atoms in total. The molecular weight excluding hydrogens is 585 g/mol. The zero-order chi connectivity index (χ0) is 30.4. The maximum absolute atomic E-state index is 12.7. The van der Waals surface area contributed by atoms with Crippen LogP contribution >= 0.6 is 0 Å². The van der Waals surface area contributed by atoms with Crippen molar-refractivity contribution in [1.82, 2.24) is 0 Å². The zero-order valence-electron chi connectivity index (χ0n) is 22.1. The van der Waals surface area contributed by atoms with E-state index in [-0.39, 0.29) is 18.0 Å². The van der Waals surface area contributed by atoms with Crippen LogP contribution in [0.4, 0.5) is 13.2 Å². The summed E-state index contributed by atoms with van der Waals surface area (Å²) in [6.07, 6.45) is 6.29. The van der Waals surface area contributed by atoms with Crippen LogP contribution in [-0.4, -0.2) is 54.7 Å². The quantitative estimate of drug-likeness (QED) is 0.457. The van der Waals surface area contributed by atoms with E-state index in [1.807, 2.05) is 36.4 Å². The Balaban J connectivity index is 0.000000277. The molecule has 3 aromatic rings. The molecule has 0 spiro atoms. The van der Waals surface area contributed by atoms with E-state index in [1.54, 1.807) is 12.1 Å². The molecule has 0 saturated heterocycles. The van der Waals surface area contributed by atoms with E-state index in [9.17, 15) is 30.9 Å². The fourth-order valence-electron chi connectivity index (χ4n) is 5.51. The predicted octanol–water partition coefficient (Wildman–Crippen LogP) is 3.44. The summed E-state index contributed by atoms with van der Waals surface area (Å²) in [5.74, 6) is -1.31. The lowest BCUT2D eigenvalue weighted by Gasteiger charge is -2.28. The van der Waals surface area contributed by atoms with Crippen molar-refractivity contribution in [2.45, 2.75) is 30.4 Å². The van der Waals surface area contributed by atoms with Gasteiger partial charge in [0.05, 0.1) is 0 Å². The number of rotatable bonds is 3. The molecule has 0 saturated carbocycles. The standard InChI is InChI=1S/C25H19F3O4S.C5H2N4O/c26-25(27,28)32-18-6-3-5-16(12-18)23-14-22-17(13-24(23)33(29,30)31)9-11-20-19-7-2-1-4-15(19)8-10-21(20)22;10-5-3-4(7-1-6-3)8-2-9-5/h1-3,5-12,14,23-24H,4,13H2,(H,29,30,31);1-2H. The molecular formula is C30H21F3N4O5S. The van der Waals surface area contributed by atoms with Crippen LogP contribution in [0, 0.1) is 0 Å². The molecule has 0 aromatic heterocycles. The van der Waals surface area contributed by atoms with Crippen molar-refractivity contribution < 1.29 is 35.7 Å². The van der Waals surface area contributed by atoms with Crippen LogP contribution in [-0.2, 0) is 27.8 Å². The summed E-state index contributed by atoms with van der Waals surface area (Å²) in [6, 6.07) is 13.1. The van der Waals surface area contributed by atoms with Gasteiger partial charge in [-0.3, -0.25) is 9.35 Å². The van der Waals surface area contributed by atoms with Gasteiger partial charge in [-0.2, -0.15) is 13.4 Å². The summed E-state index contributed by atoms with van der Waals surface area (Å²) in [6.45, 7) is 0. The molecule has 43 heavy (non-hydrogen) atoms. The number of amidine groups is 1. The Morgan fingerprint density at radius 3 is 2.42 bits per heavy atom. The van der Waals surface area contributed by atoms with Crippen LogP contribution in [0.5, 0.6) is 5.75 Å². The number of halogens is 3. The summed E-state index contributed by atoms with van der Waals surface area (Å²) in [7, 11) is -4.49. The first-order valence-electron chi connectivity index (χ1n) is 13.0. The number of carbonyl (C=O) groups is 1. The van der Waals surface area contributed by atoms with E-state index < -0.39 is 33.4 Å². The van der Waals surface area contributed by atoms with Gasteiger partial charge in [0, 0.05) is 5.92 Å². The highest BCUT2D eigenvalue weighted by Gasteiger charge is 2.36. The summed E-state index contributed by atoms with van der Waals surface area (Å²) < 4.78 is 76.6. The minimum atomic E-state index is -4.87. The molecule has 1 amide bonds. The normalized spacial score (nSPS) is 20.0. The number of alkyl halides is 3. The molecule has 2 aliphatic carbocycles. The number of allylic oxidation sites excluding steroid dienone is 2. The van der Waals surface area contributed by atoms with Crippen molar-refractivity contribution in [3.8, 4) is 5.75 Å². The minimum absolute atomic E-state index is 0.0380. The second-order valence-electron chi connectivity index (χ2n) is 9.97. The Bertz CT molecular complexity index is 2060. The van der Waals surface area contributed by atoms with Crippen molar-refractivity contribution in [1.29, 1.82) is 0 Å². The maximum Gasteiger partial charge on any atom is 0.573 e. The molecule has 4 aliphatic rings. The molecule has 13 heteroatoms. The first-order chi connectivity index (χ1) is 20.5. The lowest BCUT2D eigenvalue weighted by atomic mass is 9.83. The SMILES string of the molecule is O=C1N=CN=C2N=CN=C12.O=S(=O)(O)C1Cc2ccc3c4c(ccc3c2=CC1c1cccc(OC(F)(F)F)c1)CC=CC=4. The van der Waals surface area contributed by atoms with Gasteiger partial charge in [0.15, 0.2) is 11.5 Å². The van der Waals surface area contributed by atoms with Crippen molar-refractivity contribution in [2.75, 3.05) is 0 Å². The third kappa shape index (κ3) is 5.81. The Labute approximate surface area is 242 Å². The zero-order valence-corrected chi connectivity index (χ0v) is 22.9. The summed E-state index contributed by atoms with van der Waals surface area (Å²) in [5, 5.41) is 2.64. The Morgan fingerprint density at radius 1 is 0.930 bits per heavy atom. The summed E-state index contributed by atoms with van der Waals surface area (Å²) in [5.41, 5.74) is 2.50. The third-order valence-corrected chi connectivity index (χ3v) is 8.59. The third-order valence-electron chi connectivity index (χ3n) is 7.36. The van der Waals surface area contributed by atoms with Crippen LogP contribution in [0.2, 0.25) is 0 Å². The fourth-order valence-corrected chi connectivity index (χ4v) is 6.50. The fraction of sp³-hybridized carbons (Fsp3) is 0.167.